The van der Waals surface area contributed by atoms with Gasteiger partial charge in [0.2, 0.25) is 11.8 Å². The number of likely N-dealkylation sites (tertiary alicyclic amines) is 1. The van der Waals surface area contributed by atoms with Gasteiger partial charge in [-0.25, -0.2) is 0 Å². The molecule has 1 atom stereocenters. The highest BCUT2D eigenvalue weighted by atomic mass is 16.5. The van der Waals surface area contributed by atoms with Crippen LogP contribution in [0.3, 0.4) is 0 Å². The van der Waals surface area contributed by atoms with Crippen LogP contribution in [0.1, 0.15) is 24.0 Å². The molecule has 0 bridgehead atoms. The van der Waals surface area contributed by atoms with Crippen molar-refractivity contribution < 1.29 is 19.1 Å². The average Bonchev–Trinajstić information content (AvgIpc) is 3.29. The number of ether oxygens (including phenoxy) is 2. The van der Waals surface area contributed by atoms with Gasteiger partial charge in [0.15, 0.2) is 0 Å². The topological polar surface area (TPSA) is 67.9 Å². The highest BCUT2D eigenvalue weighted by molar-refractivity contribution is 6.07. The minimum Gasteiger partial charge on any atom is -0.497 e. The van der Waals surface area contributed by atoms with Gasteiger partial charge in [0, 0.05) is 25.2 Å². The number of carbonyl (C=O) groups excluding carboxylic acids is 2. The quantitative estimate of drug-likeness (QED) is 0.866. The van der Waals surface area contributed by atoms with Crippen molar-refractivity contribution >= 4 is 17.5 Å². The van der Waals surface area contributed by atoms with E-state index in [1.165, 1.54) is 0 Å². The Morgan fingerprint density at radius 1 is 1.11 bits per heavy atom. The molecule has 2 heterocycles. The average molecular weight is 380 g/mol. The monoisotopic (exact) mass is 380 g/mol. The molecule has 0 saturated carbocycles. The normalized spacial score (nSPS) is 20.2. The molecule has 2 aromatic rings. The fraction of sp³-hybridized carbons (Fsp3) is 0.364. The number of rotatable bonds is 5. The molecule has 28 heavy (non-hydrogen) atoms. The molecular formula is C22H24N2O4. The van der Waals surface area contributed by atoms with Gasteiger partial charge in [-0.3, -0.25) is 9.59 Å². The van der Waals surface area contributed by atoms with E-state index in [9.17, 15) is 9.59 Å². The van der Waals surface area contributed by atoms with Crippen LogP contribution in [0.5, 0.6) is 11.5 Å². The van der Waals surface area contributed by atoms with Gasteiger partial charge >= 0.3 is 0 Å². The summed E-state index contributed by atoms with van der Waals surface area (Å²) in [5, 5.41) is 2.97. The Kier molecular flexibility index (Phi) is 4.71. The number of benzene rings is 2. The maximum Gasteiger partial charge on any atom is 0.237 e. The molecule has 2 aliphatic rings. The summed E-state index contributed by atoms with van der Waals surface area (Å²) in [7, 11) is 3.25. The highest BCUT2D eigenvalue weighted by Crippen LogP contribution is 2.45. The fourth-order valence-electron chi connectivity index (χ4n) is 4.15. The molecule has 1 fully saturated rings. The molecule has 2 aromatic carbocycles. The predicted octanol–water partition coefficient (Wildman–Crippen LogP) is 2.76. The molecular weight excluding hydrogens is 356 g/mol. The van der Waals surface area contributed by atoms with Crippen LogP contribution in [0, 0.1) is 0 Å². The fourth-order valence-corrected chi connectivity index (χ4v) is 4.15. The number of anilines is 1. The minimum atomic E-state index is -0.667. The Balaban J connectivity index is 1.45. The van der Waals surface area contributed by atoms with Gasteiger partial charge in [-0.2, -0.15) is 0 Å². The summed E-state index contributed by atoms with van der Waals surface area (Å²) >= 11 is 0. The SMILES string of the molecule is COc1ccc(CCC(=O)N2CC[C@]3(C2)C(=O)Nc2ccc(OC)cc23)cc1. The number of amides is 2. The van der Waals surface area contributed by atoms with E-state index < -0.39 is 5.41 Å². The van der Waals surface area contributed by atoms with E-state index >= 15 is 0 Å². The van der Waals surface area contributed by atoms with Crippen LogP contribution in [-0.2, 0) is 21.4 Å². The van der Waals surface area contributed by atoms with E-state index in [0.717, 1.165) is 28.3 Å². The van der Waals surface area contributed by atoms with Crippen LogP contribution in [0.15, 0.2) is 42.5 Å². The first-order chi connectivity index (χ1) is 13.6. The van der Waals surface area contributed by atoms with Crippen molar-refractivity contribution in [2.24, 2.45) is 0 Å². The first kappa shape index (κ1) is 18.3. The molecule has 1 saturated heterocycles. The Morgan fingerprint density at radius 3 is 2.54 bits per heavy atom. The van der Waals surface area contributed by atoms with Crippen molar-refractivity contribution in [3.8, 4) is 11.5 Å². The largest absolute Gasteiger partial charge is 0.497 e. The van der Waals surface area contributed by atoms with E-state index in [0.29, 0.717) is 32.4 Å². The van der Waals surface area contributed by atoms with E-state index in [4.69, 9.17) is 9.47 Å². The van der Waals surface area contributed by atoms with E-state index in [1.54, 1.807) is 14.2 Å². The molecule has 2 amide bonds. The summed E-state index contributed by atoms with van der Waals surface area (Å²) < 4.78 is 10.5. The lowest BCUT2D eigenvalue weighted by molar-refractivity contribution is -0.130. The zero-order valence-corrected chi connectivity index (χ0v) is 16.2. The Labute approximate surface area is 164 Å². The predicted molar refractivity (Wildman–Crippen MR) is 106 cm³/mol. The van der Waals surface area contributed by atoms with Gasteiger partial charge < -0.3 is 19.7 Å². The molecule has 2 aliphatic heterocycles. The first-order valence-electron chi connectivity index (χ1n) is 9.46. The van der Waals surface area contributed by atoms with Crippen LogP contribution in [-0.4, -0.2) is 44.0 Å². The van der Waals surface area contributed by atoms with Gasteiger partial charge in [0.05, 0.1) is 19.6 Å². The van der Waals surface area contributed by atoms with Crippen LogP contribution in [0.4, 0.5) is 5.69 Å². The summed E-state index contributed by atoms with van der Waals surface area (Å²) in [4.78, 5) is 27.3. The Morgan fingerprint density at radius 2 is 1.82 bits per heavy atom. The van der Waals surface area contributed by atoms with Crippen LogP contribution in [0.25, 0.3) is 0 Å². The van der Waals surface area contributed by atoms with Gasteiger partial charge in [0.25, 0.3) is 0 Å². The second-order valence-electron chi connectivity index (χ2n) is 7.36. The summed E-state index contributed by atoms with van der Waals surface area (Å²) in [6.07, 6.45) is 1.73. The van der Waals surface area contributed by atoms with Crippen molar-refractivity contribution in [3.63, 3.8) is 0 Å². The first-order valence-corrected chi connectivity index (χ1v) is 9.46. The van der Waals surface area contributed by atoms with E-state index in [-0.39, 0.29) is 11.8 Å². The van der Waals surface area contributed by atoms with Gasteiger partial charge in [-0.15, -0.1) is 0 Å². The smallest absolute Gasteiger partial charge is 0.237 e. The number of nitrogens with zero attached hydrogens (tertiary/aromatic N) is 1. The number of hydrogen-bond donors (Lipinski definition) is 1. The van der Waals surface area contributed by atoms with Crippen molar-refractivity contribution in [3.05, 3.63) is 53.6 Å². The number of hydrogen-bond acceptors (Lipinski definition) is 4. The third-order valence-corrected chi connectivity index (χ3v) is 5.83. The van der Waals surface area contributed by atoms with E-state index in [2.05, 4.69) is 5.32 Å². The maximum atomic E-state index is 12.8. The molecule has 1 spiro atoms. The molecule has 0 unspecified atom stereocenters. The summed E-state index contributed by atoms with van der Waals surface area (Å²) in [6, 6.07) is 13.4. The second kappa shape index (κ2) is 7.19. The molecule has 0 radical (unpaired) electrons. The molecule has 6 heteroatoms. The lowest BCUT2D eigenvalue weighted by Crippen LogP contribution is -2.39. The Bertz CT molecular complexity index is 909. The molecule has 0 aromatic heterocycles. The lowest BCUT2D eigenvalue weighted by atomic mass is 9.81. The standard InChI is InChI=1S/C22H24N2O4/c1-27-16-6-3-15(4-7-16)5-10-20(25)24-12-11-22(14-24)18-13-17(28-2)8-9-19(18)23-21(22)26/h3-4,6-9,13H,5,10-12,14H2,1-2H3,(H,23,26)/t22-/m1/s1. The lowest BCUT2D eigenvalue weighted by Gasteiger charge is -2.23. The maximum absolute atomic E-state index is 12.8. The third-order valence-electron chi connectivity index (χ3n) is 5.83. The second-order valence-corrected chi connectivity index (χ2v) is 7.36. The number of aryl methyl sites for hydroxylation is 1. The third kappa shape index (κ3) is 3.09. The van der Waals surface area contributed by atoms with Crippen LogP contribution < -0.4 is 14.8 Å². The molecule has 146 valence electrons. The number of carbonyl (C=O) groups is 2. The minimum absolute atomic E-state index is 0.0267. The summed E-state index contributed by atoms with van der Waals surface area (Å²) in [5.41, 5.74) is 2.18. The van der Waals surface area contributed by atoms with E-state index in [1.807, 2.05) is 47.4 Å². The Hall–Kier alpha value is -3.02. The highest BCUT2D eigenvalue weighted by Gasteiger charge is 2.52. The zero-order valence-electron chi connectivity index (χ0n) is 16.2. The van der Waals surface area contributed by atoms with Gasteiger partial charge in [-0.1, -0.05) is 12.1 Å². The number of fused-ring (bicyclic) bond motifs is 2. The molecule has 4 rings (SSSR count). The summed E-state index contributed by atoms with van der Waals surface area (Å²) in [6.45, 7) is 1.01. The van der Waals surface area contributed by atoms with Gasteiger partial charge in [-0.05, 0) is 54.3 Å². The number of nitrogens with one attached hydrogen (secondary N) is 1. The van der Waals surface area contributed by atoms with Crippen LogP contribution in [0.2, 0.25) is 0 Å². The van der Waals surface area contributed by atoms with Crippen LogP contribution >= 0.6 is 0 Å². The van der Waals surface area contributed by atoms with Gasteiger partial charge in [0.1, 0.15) is 11.5 Å². The van der Waals surface area contributed by atoms with Crippen molar-refractivity contribution in [1.29, 1.82) is 0 Å². The van der Waals surface area contributed by atoms with Crippen molar-refractivity contribution in [1.82, 2.24) is 4.90 Å². The summed E-state index contributed by atoms with van der Waals surface area (Å²) in [5.74, 6) is 1.58. The molecule has 6 nitrogen and oxygen atoms in total. The molecule has 1 N–H and O–H groups in total. The zero-order chi connectivity index (χ0) is 19.7. The molecule has 0 aliphatic carbocycles. The van der Waals surface area contributed by atoms with Crippen molar-refractivity contribution in [2.45, 2.75) is 24.7 Å². The van der Waals surface area contributed by atoms with Crippen molar-refractivity contribution in [2.75, 3.05) is 32.6 Å². The number of methoxy groups -OCH3 is 2.